The van der Waals surface area contributed by atoms with Gasteiger partial charge in [0.1, 0.15) is 5.60 Å². The Morgan fingerprint density at radius 2 is 2.11 bits per heavy atom. The molecule has 1 amide bonds. The van der Waals surface area contributed by atoms with E-state index in [1.165, 1.54) is 0 Å². The van der Waals surface area contributed by atoms with Gasteiger partial charge in [0.25, 0.3) is 0 Å². The van der Waals surface area contributed by atoms with Crippen molar-refractivity contribution in [2.45, 2.75) is 58.6 Å². The molecule has 0 aromatic carbocycles. The highest BCUT2D eigenvalue weighted by atomic mass is 16.6. The minimum Gasteiger partial charge on any atom is -0.444 e. The third-order valence-corrected chi connectivity index (χ3v) is 3.04. The summed E-state index contributed by atoms with van der Waals surface area (Å²) in [7, 11) is 0. The lowest BCUT2D eigenvalue weighted by Gasteiger charge is -2.26. The number of hydrogen-bond acceptors (Lipinski definition) is 3. The zero-order valence-corrected chi connectivity index (χ0v) is 12.6. The Labute approximate surface area is 116 Å². The summed E-state index contributed by atoms with van der Waals surface area (Å²) < 4.78 is 5.41. The van der Waals surface area contributed by atoms with Crippen LogP contribution in [0.25, 0.3) is 0 Å². The minimum absolute atomic E-state index is 0.193. The molecule has 1 aliphatic heterocycles. The first-order valence-corrected chi connectivity index (χ1v) is 7.03. The van der Waals surface area contributed by atoms with Crippen LogP contribution < -0.4 is 5.32 Å². The molecule has 0 bridgehead atoms. The Bertz CT molecular complexity index is 349. The van der Waals surface area contributed by atoms with Crippen LogP contribution in [0.2, 0.25) is 0 Å². The largest absolute Gasteiger partial charge is 0.444 e. The van der Waals surface area contributed by atoms with Gasteiger partial charge in [0.05, 0.1) is 6.54 Å². The van der Waals surface area contributed by atoms with E-state index in [2.05, 4.69) is 17.2 Å². The molecule has 0 saturated carbocycles. The summed E-state index contributed by atoms with van der Waals surface area (Å²) in [6.07, 6.45) is 2.87. The smallest absolute Gasteiger partial charge is 0.410 e. The predicted octanol–water partition coefficient (Wildman–Crippen LogP) is 2.39. The average molecular weight is 266 g/mol. The van der Waals surface area contributed by atoms with E-state index in [9.17, 15) is 4.79 Å². The summed E-state index contributed by atoms with van der Waals surface area (Å²) in [6, 6.07) is 0.452. The monoisotopic (exact) mass is 266 g/mol. The van der Waals surface area contributed by atoms with Crippen molar-refractivity contribution in [1.82, 2.24) is 10.2 Å². The van der Waals surface area contributed by atoms with Crippen molar-refractivity contribution >= 4 is 6.09 Å². The lowest BCUT2D eigenvalue weighted by molar-refractivity contribution is 0.0256. The van der Waals surface area contributed by atoms with Crippen molar-refractivity contribution in [3.63, 3.8) is 0 Å². The van der Waals surface area contributed by atoms with Gasteiger partial charge in [0, 0.05) is 19.1 Å². The topological polar surface area (TPSA) is 41.6 Å². The number of nitrogens with one attached hydrogen (secondary N) is 1. The maximum absolute atomic E-state index is 12.0. The van der Waals surface area contributed by atoms with Crippen molar-refractivity contribution in [3.05, 3.63) is 0 Å². The molecule has 4 heteroatoms. The maximum atomic E-state index is 12.0. The highest BCUT2D eigenvalue weighted by Gasteiger charge is 2.24. The third kappa shape index (κ3) is 6.49. The molecule has 1 unspecified atom stereocenters. The molecule has 1 atom stereocenters. The number of amides is 1. The van der Waals surface area contributed by atoms with E-state index in [1.807, 2.05) is 32.6 Å². The van der Waals surface area contributed by atoms with Crippen molar-refractivity contribution in [1.29, 1.82) is 0 Å². The van der Waals surface area contributed by atoms with Crippen LogP contribution in [0.3, 0.4) is 0 Å². The van der Waals surface area contributed by atoms with E-state index in [-0.39, 0.29) is 6.09 Å². The molecular formula is C15H26N2O2. The molecule has 0 aliphatic carbocycles. The molecule has 1 N–H and O–H groups in total. The van der Waals surface area contributed by atoms with E-state index in [0.29, 0.717) is 6.04 Å². The highest BCUT2D eigenvalue weighted by molar-refractivity contribution is 5.68. The van der Waals surface area contributed by atoms with Gasteiger partial charge in [-0.1, -0.05) is 5.92 Å². The molecule has 19 heavy (non-hydrogen) atoms. The summed E-state index contributed by atoms with van der Waals surface area (Å²) in [4.78, 5) is 13.8. The van der Waals surface area contributed by atoms with Gasteiger partial charge >= 0.3 is 6.09 Å². The van der Waals surface area contributed by atoms with E-state index in [0.717, 1.165) is 38.9 Å². The van der Waals surface area contributed by atoms with Crippen LogP contribution in [-0.2, 0) is 4.74 Å². The highest BCUT2D eigenvalue weighted by Crippen LogP contribution is 2.15. The van der Waals surface area contributed by atoms with Crippen LogP contribution in [0.4, 0.5) is 4.79 Å². The van der Waals surface area contributed by atoms with Gasteiger partial charge in [-0.3, -0.25) is 0 Å². The van der Waals surface area contributed by atoms with E-state index < -0.39 is 5.60 Å². The molecule has 4 nitrogen and oxygen atoms in total. The summed E-state index contributed by atoms with van der Waals surface area (Å²) in [6.45, 7) is 9.81. The van der Waals surface area contributed by atoms with Crippen LogP contribution in [-0.4, -0.2) is 42.3 Å². The molecule has 1 fully saturated rings. The average Bonchev–Trinajstić information content (AvgIpc) is 2.53. The predicted molar refractivity (Wildman–Crippen MR) is 76.9 cm³/mol. The molecule has 1 aliphatic rings. The van der Waals surface area contributed by atoms with Crippen molar-refractivity contribution < 1.29 is 9.53 Å². The zero-order chi connectivity index (χ0) is 14.3. The van der Waals surface area contributed by atoms with E-state index >= 15 is 0 Å². The van der Waals surface area contributed by atoms with Gasteiger partial charge in [0.15, 0.2) is 0 Å². The number of rotatable bonds is 2. The van der Waals surface area contributed by atoms with Crippen molar-refractivity contribution in [3.8, 4) is 11.8 Å². The molecule has 0 spiro atoms. The summed E-state index contributed by atoms with van der Waals surface area (Å²) in [5.41, 5.74) is -0.419. The second-order valence-electron chi connectivity index (χ2n) is 5.90. The van der Waals surface area contributed by atoms with Gasteiger partial charge in [-0.2, -0.15) is 0 Å². The lowest BCUT2D eigenvalue weighted by Crippen LogP contribution is -2.38. The number of carbonyl (C=O) groups is 1. The van der Waals surface area contributed by atoms with Gasteiger partial charge in [-0.15, -0.1) is 5.92 Å². The van der Waals surface area contributed by atoms with Gasteiger partial charge < -0.3 is 15.0 Å². The van der Waals surface area contributed by atoms with Crippen LogP contribution in [0, 0.1) is 11.8 Å². The fraction of sp³-hybridized carbons (Fsp3) is 0.800. The zero-order valence-electron chi connectivity index (χ0n) is 12.6. The fourth-order valence-corrected chi connectivity index (χ4v) is 2.09. The molecule has 0 aromatic heterocycles. The first kappa shape index (κ1) is 15.8. The van der Waals surface area contributed by atoms with Crippen LogP contribution in [0.1, 0.15) is 47.0 Å². The second-order valence-corrected chi connectivity index (χ2v) is 5.90. The summed E-state index contributed by atoms with van der Waals surface area (Å²) >= 11 is 0. The Morgan fingerprint density at radius 1 is 1.37 bits per heavy atom. The van der Waals surface area contributed by atoms with Gasteiger partial charge in [0.2, 0.25) is 0 Å². The van der Waals surface area contributed by atoms with Gasteiger partial charge in [-0.05, 0) is 47.0 Å². The summed E-state index contributed by atoms with van der Waals surface area (Å²) in [5, 5.41) is 3.42. The van der Waals surface area contributed by atoms with E-state index in [1.54, 1.807) is 0 Å². The standard InChI is InChI=1S/C15H26N2O2/c1-5-6-10-16-13-8-7-11-17(12-9-13)14(18)19-15(2,3)4/h13,16H,7-12H2,1-4H3. The van der Waals surface area contributed by atoms with Crippen LogP contribution in [0.15, 0.2) is 0 Å². The van der Waals surface area contributed by atoms with E-state index in [4.69, 9.17) is 4.74 Å². The number of ether oxygens (including phenoxy) is 1. The summed E-state index contributed by atoms with van der Waals surface area (Å²) in [5.74, 6) is 5.89. The Kier molecular flexibility index (Phi) is 6.17. The molecule has 1 rings (SSSR count). The molecular weight excluding hydrogens is 240 g/mol. The molecule has 0 radical (unpaired) electrons. The number of nitrogens with zero attached hydrogens (tertiary/aromatic N) is 1. The molecule has 108 valence electrons. The van der Waals surface area contributed by atoms with Crippen LogP contribution in [0.5, 0.6) is 0 Å². The minimum atomic E-state index is -0.419. The molecule has 0 aromatic rings. The maximum Gasteiger partial charge on any atom is 0.410 e. The van der Waals surface area contributed by atoms with Gasteiger partial charge in [-0.25, -0.2) is 4.79 Å². The first-order chi connectivity index (χ1) is 8.92. The molecule has 1 heterocycles. The van der Waals surface area contributed by atoms with Crippen LogP contribution >= 0.6 is 0 Å². The molecule has 1 saturated heterocycles. The Balaban J connectivity index is 2.40. The third-order valence-electron chi connectivity index (χ3n) is 3.04. The SMILES string of the molecule is CC#CCNC1CCCN(C(=O)OC(C)(C)C)CC1. The number of hydrogen-bond donors (Lipinski definition) is 1. The van der Waals surface area contributed by atoms with Crippen molar-refractivity contribution in [2.24, 2.45) is 0 Å². The van der Waals surface area contributed by atoms with Crippen molar-refractivity contribution in [2.75, 3.05) is 19.6 Å². The Morgan fingerprint density at radius 3 is 2.74 bits per heavy atom. The quantitative estimate of drug-likeness (QED) is 0.780. The number of likely N-dealkylation sites (tertiary alicyclic amines) is 1. The first-order valence-electron chi connectivity index (χ1n) is 7.03. The lowest BCUT2D eigenvalue weighted by atomic mass is 10.1. The Hall–Kier alpha value is -1.21. The number of carbonyl (C=O) groups excluding carboxylic acids is 1. The fourth-order valence-electron chi connectivity index (χ4n) is 2.09. The second kappa shape index (κ2) is 7.40. The normalized spacial score (nSPS) is 20.2.